The van der Waals surface area contributed by atoms with Crippen molar-refractivity contribution in [3.63, 3.8) is 0 Å². The predicted octanol–water partition coefficient (Wildman–Crippen LogP) is 1.81. The molecule has 1 fully saturated rings. The molecule has 1 saturated heterocycles. The molecular weight excluding hydrogens is 276 g/mol. The standard InChI is InChI=1S/C18H16N2O2/c21-17-15-10-13-8-4-5-9-14(13)11-20(15)18(22)16(19-17)12-6-2-1-3-7-12/h1-9,15-16H,10-11H2,(H,19,21)/t15-,16+/m1/s1. The van der Waals surface area contributed by atoms with Gasteiger partial charge in [-0.25, -0.2) is 0 Å². The number of hydrogen-bond donors (Lipinski definition) is 1. The molecule has 22 heavy (non-hydrogen) atoms. The van der Waals surface area contributed by atoms with Gasteiger partial charge < -0.3 is 10.2 Å². The van der Waals surface area contributed by atoms with E-state index in [4.69, 9.17) is 0 Å². The monoisotopic (exact) mass is 292 g/mol. The van der Waals surface area contributed by atoms with Crippen molar-refractivity contribution in [3.05, 3.63) is 71.3 Å². The van der Waals surface area contributed by atoms with E-state index in [-0.39, 0.29) is 17.9 Å². The zero-order chi connectivity index (χ0) is 15.1. The van der Waals surface area contributed by atoms with Crippen LogP contribution in [0, 0.1) is 0 Å². The Kier molecular flexibility index (Phi) is 2.96. The molecule has 0 aliphatic carbocycles. The molecule has 2 aromatic carbocycles. The number of rotatable bonds is 1. The van der Waals surface area contributed by atoms with Crippen LogP contribution in [0.2, 0.25) is 0 Å². The van der Waals surface area contributed by atoms with Gasteiger partial charge in [0.2, 0.25) is 5.91 Å². The van der Waals surface area contributed by atoms with Gasteiger partial charge in [-0.2, -0.15) is 0 Å². The van der Waals surface area contributed by atoms with Gasteiger partial charge in [0.05, 0.1) is 0 Å². The Morgan fingerprint density at radius 2 is 1.59 bits per heavy atom. The number of amides is 2. The van der Waals surface area contributed by atoms with Gasteiger partial charge in [0.15, 0.2) is 0 Å². The summed E-state index contributed by atoms with van der Waals surface area (Å²) in [6.07, 6.45) is 0.593. The van der Waals surface area contributed by atoms with Crippen molar-refractivity contribution < 1.29 is 9.59 Å². The topological polar surface area (TPSA) is 49.4 Å². The highest BCUT2D eigenvalue weighted by molar-refractivity contribution is 5.98. The van der Waals surface area contributed by atoms with Gasteiger partial charge in [-0.3, -0.25) is 9.59 Å². The number of nitrogens with zero attached hydrogens (tertiary/aromatic N) is 1. The Morgan fingerprint density at radius 1 is 0.909 bits per heavy atom. The molecular formula is C18H16N2O2. The minimum Gasteiger partial charge on any atom is -0.339 e. The fraction of sp³-hybridized carbons (Fsp3) is 0.222. The highest BCUT2D eigenvalue weighted by Gasteiger charge is 2.43. The number of hydrogen-bond acceptors (Lipinski definition) is 2. The van der Waals surface area contributed by atoms with E-state index in [0.29, 0.717) is 13.0 Å². The molecule has 4 heteroatoms. The first-order valence-electron chi connectivity index (χ1n) is 7.46. The summed E-state index contributed by atoms with van der Waals surface area (Å²) in [5, 5.41) is 2.88. The van der Waals surface area contributed by atoms with Gasteiger partial charge in [0, 0.05) is 13.0 Å². The third-order valence-corrected chi connectivity index (χ3v) is 4.50. The summed E-state index contributed by atoms with van der Waals surface area (Å²) in [4.78, 5) is 27.0. The van der Waals surface area contributed by atoms with Crippen molar-refractivity contribution in [1.82, 2.24) is 10.2 Å². The van der Waals surface area contributed by atoms with E-state index in [1.165, 1.54) is 0 Å². The molecule has 2 amide bonds. The molecule has 2 aromatic rings. The third-order valence-electron chi connectivity index (χ3n) is 4.50. The van der Waals surface area contributed by atoms with Crippen molar-refractivity contribution in [2.75, 3.05) is 0 Å². The zero-order valence-electron chi connectivity index (χ0n) is 12.0. The Labute approximate surface area is 128 Å². The molecule has 0 spiro atoms. The maximum absolute atomic E-state index is 12.8. The Morgan fingerprint density at radius 3 is 2.36 bits per heavy atom. The van der Waals surface area contributed by atoms with Crippen LogP contribution in [-0.2, 0) is 22.6 Å². The Balaban J connectivity index is 1.70. The lowest BCUT2D eigenvalue weighted by atomic mass is 9.90. The van der Waals surface area contributed by atoms with E-state index in [0.717, 1.165) is 16.7 Å². The lowest BCUT2D eigenvalue weighted by Crippen LogP contribution is -2.61. The number of fused-ring (bicyclic) bond motifs is 2. The van der Waals surface area contributed by atoms with Crippen LogP contribution in [0.1, 0.15) is 22.7 Å². The molecule has 2 heterocycles. The third kappa shape index (κ3) is 1.99. The minimum atomic E-state index is -0.574. The number of carbonyl (C=O) groups is 2. The van der Waals surface area contributed by atoms with E-state index in [1.54, 1.807) is 4.90 Å². The summed E-state index contributed by atoms with van der Waals surface area (Å²) >= 11 is 0. The number of benzene rings is 2. The van der Waals surface area contributed by atoms with Gasteiger partial charge in [0.1, 0.15) is 12.1 Å². The molecule has 0 radical (unpaired) electrons. The van der Waals surface area contributed by atoms with Gasteiger partial charge in [-0.1, -0.05) is 54.6 Å². The van der Waals surface area contributed by atoms with Crippen molar-refractivity contribution in [3.8, 4) is 0 Å². The summed E-state index contributed by atoms with van der Waals surface area (Å²) < 4.78 is 0. The van der Waals surface area contributed by atoms with Crippen molar-refractivity contribution >= 4 is 11.8 Å². The SMILES string of the molecule is O=C1N[C@@H](c2ccccc2)C(=O)N2Cc3ccccc3C[C@H]12. The molecule has 2 aliphatic rings. The zero-order valence-corrected chi connectivity index (χ0v) is 12.0. The number of nitrogens with one attached hydrogen (secondary N) is 1. The Bertz CT molecular complexity index is 742. The summed E-state index contributed by atoms with van der Waals surface area (Å²) in [6.45, 7) is 0.510. The fourth-order valence-corrected chi connectivity index (χ4v) is 3.33. The van der Waals surface area contributed by atoms with Crippen LogP contribution in [-0.4, -0.2) is 22.8 Å². The van der Waals surface area contributed by atoms with Crippen LogP contribution < -0.4 is 5.32 Å². The molecule has 110 valence electrons. The van der Waals surface area contributed by atoms with E-state index >= 15 is 0 Å². The first-order chi connectivity index (χ1) is 10.7. The molecule has 4 rings (SSSR count). The Hall–Kier alpha value is -2.62. The van der Waals surface area contributed by atoms with Gasteiger partial charge in [0.25, 0.3) is 5.91 Å². The van der Waals surface area contributed by atoms with Crippen LogP contribution >= 0.6 is 0 Å². The first-order valence-corrected chi connectivity index (χ1v) is 7.46. The van der Waals surface area contributed by atoms with Gasteiger partial charge >= 0.3 is 0 Å². The highest BCUT2D eigenvalue weighted by atomic mass is 16.2. The van der Waals surface area contributed by atoms with Crippen LogP contribution in [0.3, 0.4) is 0 Å². The van der Waals surface area contributed by atoms with Crippen LogP contribution in [0.5, 0.6) is 0 Å². The van der Waals surface area contributed by atoms with Crippen molar-refractivity contribution in [1.29, 1.82) is 0 Å². The number of piperazine rings is 1. The summed E-state index contributed by atoms with van der Waals surface area (Å²) in [6, 6.07) is 16.5. The molecule has 0 aromatic heterocycles. The van der Waals surface area contributed by atoms with E-state index in [9.17, 15) is 9.59 Å². The van der Waals surface area contributed by atoms with Crippen LogP contribution in [0.25, 0.3) is 0 Å². The fourth-order valence-electron chi connectivity index (χ4n) is 3.33. The molecule has 0 unspecified atom stereocenters. The normalized spacial score (nSPS) is 23.5. The van der Waals surface area contributed by atoms with Crippen LogP contribution in [0.4, 0.5) is 0 Å². The van der Waals surface area contributed by atoms with Crippen molar-refractivity contribution in [2.24, 2.45) is 0 Å². The molecule has 4 nitrogen and oxygen atoms in total. The quantitative estimate of drug-likeness (QED) is 0.871. The second-order valence-corrected chi connectivity index (χ2v) is 5.81. The smallest absolute Gasteiger partial charge is 0.250 e. The van der Waals surface area contributed by atoms with Gasteiger partial charge in [-0.05, 0) is 16.7 Å². The summed E-state index contributed by atoms with van der Waals surface area (Å²) in [5.41, 5.74) is 3.12. The predicted molar refractivity (Wildman–Crippen MR) is 81.8 cm³/mol. The average Bonchev–Trinajstić information content (AvgIpc) is 2.57. The maximum Gasteiger partial charge on any atom is 0.250 e. The van der Waals surface area contributed by atoms with E-state index in [1.807, 2.05) is 54.6 Å². The highest BCUT2D eigenvalue weighted by Crippen LogP contribution is 2.30. The van der Waals surface area contributed by atoms with E-state index in [2.05, 4.69) is 5.32 Å². The molecule has 2 aliphatic heterocycles. The lowest BCUT2D eigenvalue weighted by molar-refractivity contribution is -0.150. The minimum absolute atomic E-state index is 0.0229. The van der Waals surface area contributed by atoms with E-state index < -0.39 is 6.04 Å². The summed E-state index contributed by atoms with van der Waals surface area (Å²) in [7, 11) is 0. The molecule has 2 atom stereocenters. The largest absolute Gasteiger partial charge is 0.339 e. The number of carbonyl (C=O) groups excluding carboxylic acids is 2. The second kappa shape index (κ2) is 4.98. The molecule has 0 saturated carbocycles. The first kappa shape index (κ1) is 13.1. The molecule has 0 bridgehead atoms. The van der Waals surface area contributed by atoms with Crippen molar-refractivity contribution in [2.45, 2.75) is 25.0 Å². The average molecular weight is 292 g/mol. The molecule has 1 N–H and O–H groups in total. The maximum atomic E-state index is 12.8. The van der Waals surface area contributed by atoms with Crippen LogP contribution in [0.15, 0.2) is 54.6 Å². The summed E-state index contributed by atoms with van der Waals surface area (Å²) in [5.74, 6) is -0.0896. The lowest BCUT2D eigenvalue weighted by Gasteiger charge is -2.42. The second-order valence-electron chi connectivity index (χ2n) is 5.81. The van der Waals surface area contributed by atoms with Gasteiger partial charge in [-0.15, -0.1) is 0 Å².